The third-order valence-corrected chi connectivity index (χ3v) is 3.87. The number of benzene rings is 2. The molecule has 0 aromatic heterocycles. The SMILES string of the molecule is CC(C)(C)c1ccc(C(=O)NCC(=O)OCC(=O)c2ccccc2)cc1. The van der Waals surface area contributed by atoms with Crippen LogP contribution < -0.4 is 5.32 Å². The zero-order valence-corrected chi connectivity index (χ0v) is 15.2. The van der Waals surface area contributed by atoms with Crippen LogP contribution in [-0.2, 0) is 14.9 Å². The zero-order chi connectivity index (χ0) is 19.2. The molecule has 0 spiro atoms. The zero-order valence-electron chi connectivity index (χ0n) is 15.2. The van der Waals surface area contributed by atoms with Gasteiger partial charge in [-0.15, -0.1) is 0 Å². The number of Topliss-reactive ketones (excluding diaryl/α,β-unsaturated/α-hetero) is 1. The van der Waals surface area contributed by atoms with Crippen LogP contribution in [0.2, 0.25) is 0 Å². The Labute approximate surface area is 153 Å². The van der Waals surface area contributed by atoms with Crippen LogP contribution in [0.5, 0.6) is 0 Å². The molecule has 0 aliphatic carbocycles. The summed E-state index contributed by atoms with van der Waals surface area (Å²) >= 11 is 0. The highest BCUT2D eigenvalue weighted by atomic mass is 16.5. The van der Waals surface area contributed by atoms with Crippen molar-refractivity contribution < 1.29 is 19.1 Å². The molecule has 0 unspecified atom stereocenters. The number of hydrogen-bond acceptors (Lipinski definition) is 4. The summed E-state index contributed by atoms with van der Waals surface area (Å²) in [6.45, 7) is 5.64. The van der Waals surface area contributed by atoms with Gasteiger partial charge in [-0.05, 0) is 23.1 Å². The number of nitrogens with one attached hydrogen (secondary N) is 1. The van der Waals surface area contributed by atoms with E-state index in [1.54, 1.807) is 42.5 Å². The first-order chi connectivity index (χ1) is 12.3. The molecular weight excluding hydrogens is 330 g/mol. The van der Waals surface area contributed by atoms with Gasteiger partial charge in [0, 0.05) is 11.1 Å². The van der Waals surface area contributed by atoms with Gasteiger partial charge in [-0.1, -0.05) is 63.2 Å². The molecule has 136 valence electrons. The second-order valence-electron chi connectivity index (χ2n) is 6.96. The van der Waals surface area contributed by atoms with Crippen LogP contribution in [0.4, 0.5) is 0 Å². The summed E-state index contributed by atoms with van der Waals surface area (Å²) in [7, 11) is 0. The number of carbonyl (C=O) groups excluding carboxylic acids is 3. The van der Waals surface area contributed by atoms with Crippen molar-refractivity contribution >= 4 is 17.7 Å². The Hall–Kier alpha value is -2.95. The molecule has 0 fully saturated rings. The minimum absolute atomic E-state index is 0.00407. The van der Waals surface area contributed by atoms with Crippen molar-refractivity contribution in [2.75, 3.05) is 13.2 Å². The fourth-order valence-electron chi connectivity index (χ4n) is 2.28. The second-order valence-corrected chi connectivity index (χ2v) is 6.96. The molecule has 0 aliphatic rings. The van der Waals surface area contributed by atoms with E-state index in [0.29, 0.717) is 11.1 Å². The predicted octanol–water partition coefficient (Wildman–Crippen LogP) is 3.14. The number of carbonyl (C=O) groups is 3. The highest BCUT2D eigenvalue weighted by Gasteiger charge is 2.15. The van der Waals surface area contributed by atoms with E-state index in [0.717, 1.165) is 5.56 Å². The number of ether oxygens (including phenoxy) is 1. The molecule has 5 heteroatoms. The molecule has 0 atom stereocenters. The minimum Gasteiger partial charge on any atom is -0.456 e. The van der Waals surface area contributed by atoms with Gasteiger partial charge in [0.1, 0.15) is 6.54 Å². The molecule has 2 rings (SSSR count). The van der Waals surface area contributed by atoms with Crippen LogP contribution in [-0.4, -0.2) is 30.8 Å². The molecule has 5 nitrogen and oxygen atoms in total. The van der Waals surface area contributed by atoms with E-state index in [9.17, 15) is 14.4 Å². The molecule has 0 bridgehead atoms. The lowest BCUT2D eigenvalue weighted by Gasteiger charge is -2.19. The first-order valence-electron chi connectivity index (χ1n) is 8.40. The molecule has 1 N–H and O–H groups in total. The normalized spacial score (nSPS) is 10.9. The number of esters is 1. The Morgan fingerprint density at radius 1 is 0.885 bits per heavy atom. The lowest BCUT2D eigenvalue weighted by molar-refractivity contribution is -0.141. The van der Waals surface area contributed by atoms with E-state index in [1.165, 1.54) is 0 Å². The monoisotopic (exact) mass is 353 g/mol. The Balaban J connectivity index is 1.80. The maximum atomic E-state index is 12.1. The lowest BCUT2D eigenvalue weighted by Crippen LogP contribution is -2.31. The van der Waals surface area contributed by atoms with E-state index in [1.807, 2.05) is 12.1 Å². The molecule has 0 aliphatic heterocycles. The van der Waals surface area contributed by atoms with Crippen molar-refractivity contribution in [1.29, 1.82) is 0 Å². The van der Waals surface area contributed by atoms with Crippen LogP contribution in [0.3, 0.4) is 0 Å². The minimum atomic E-state index is -0.658. The molecule has 2 aromatic rings. The van der Waals surface area contributed by atoms with Crippen molar-refractivity contribution in [2.24, 2.45) is 0 Å². The average molecular weight is 353 g/mol. The van der Waals surface area contributed by atoms with Gasteiger partial charge >= 0.3 is 5.97 Å². The Bertz CT molecular complexity index is 774. The third-order valence-electron chi connectivity index (χ3n) is 3.87. The Kier molecular flexibility index (Phi) is 6.28. The quantitative estimate of drug-likeness (QED) is 0.640. The van der Waals surface area contributed by atoms with Crippen LogP contribution in [0.25, 0.3) is 0 Å². The number of ketones is 1. The first kappa shape index (κ1) is 19.4. The van der Waals surface area contributed by atoms with Crippen molar-refractivity contribution in [2.45, 2.75) is 26.2 Å². The van der Waals surface area contributed by atoms with Crippen molar-refractivity contribution in [3.8, 4) is 0 Å². The molecule has 1 amide bonds. The summed E-state index contributed by atoms with van der Waals surface area (Å²) in [5, 5.41) is 2.50. The predicted molar refractivity (Wildman–Crippen MR) is 99.2 cm³/mol. The summed E-state index contributed by atoms with van der Waals surface area (Å²) in [5.41, 5.74) is 2.06. The van der Waals surface area contributed by atoms with Crippen molar-refractivity contribution in [3.63, 3.8) is 0 Å². The van der Waals surface area contributed by atoms with Crippen LogP contribution in [0.15, 0.2) is 54.6 Å². The van der Waals surface area contributed by atoms with Gasteiger partial charge in [-0.25, -0.2) is 0 Å². The van der Waals surface area contributed by atoms with Gasteiger partial charge in [0.25, 0.3) is 5.91 Å². The summed E-state index contributed by atoms with van der Waals surface area (Å²) in [6.07, 6.45) is 0. The molecule has 0 heterocycles. The maximum Gasteiger partial charge on any atom is 0.325 e. The summed E-state index contributed by atoms with van der Waals surface area (Å²) in [5.74, 6) is -1.31. The van der Waals surface area contributed by atoms with Gasteiger partial charge < -0.3 is 10.1 Å². The molecule has 26 heavy (non-hydrogen) atoms. The van der Waals surface area contributed by atoms with E-state index in [4.69, 9.17) is 4.74 Å². The molecular formula is C21H23NO4. The summed E-state index contributed by atoms with van der Waals surface area (Å²) in [4.78, 5) is 35.7. The van der Waals surface area contributed by atoms with Crippen LogP contribution in [0, 0.1) is 0 Å². The van der Waals surface area contributed by atoms with E-state index < -0.39 is 5.97 Å². The van der Waals surface area contributed by atoms with Crippen molar-refractivity contribution in [1.82, 2.24) is 5.32 Å². The summed E-state index contributed by atoms with van der Waals surface area (Å²) < 4.78 is 4.91. The standard InChI is InChI=1S/C21H23NO4/c1-21(2,3)17-11-9-16(10-12-17)20(25)22-13-19(24)26-14-18(23)15-7-5-4-6-8-15/h4-12H,13-14H2,1-3H3,(H,22,25). The fourth-order valence-corrected chi connectivity index (χ4v) is 2.28. The fraction of sp³-hybridized carbons (Fsp3) is 0.286. The summed E-state index contributed by atoms with van der Waals surface area (Å²) in [6, 6.07) is 15.8. The lowest BCUT2D eigenvalue weighted by atomic mass is 9.87. The van der Waals surface area contributed by atoms with E-state index >= 15 is 0 Å². The highest BCUT2D eigenvalue weighted by molar-refractivity contribution is 5.98. The van der Waals surface area contributed by atoms with Crippen molar-refractivity contribution in [3.05, 3.63) is 71.3 Å². The largest absolute Gasteiger partial charge is 0.456 e. The maximum absolute atomic E-state index is 12.1. The van der Waals surface area contributed by atoms with E-state index in [-0.39, 0.29) is 30.3 Å². The number of hydrogen-bond donors (Lipinski definition) is 1. The first-order valence-corrected chi connectivity index (χ1v) is 8.40. The van der Waals surface area contributed by atoms with E-state index in [2.05, 4.69) is 26.1 Å². The van der Waals surface area contributed by atoms with Crippen LogP contribution >= 0.6 is 0 Å². The van der Waals surface area contributed by atoms with Gasteiger partial charge in [0.2, 0.25) is 0 Å². The third kappa shape index (κ3) is 5.55. The number of rotatable bonds is 6. The smallest absolute Gasteiger partial charge is 0.325 e. The molecule has 2 aromatic carbocycles. The average Bonchev–Trinajstić information content (AvgIpc) is 2.64. The van der Waals surface area contributed by atoms with Gasteiger partial charge in [0.15, 0.2) is 12.4 Å². The highest BCUT2D eigenvalue weighted by Crippen LogP contribution is 2.22. The second kappa shape index (κ2) is 8.43. The van der Waals surface area contributed by atoms with Gasteiger partial charge in [-0.2, -0.15) is 0 Å². The molecule has 0 radical (unpaired) electrons. The Morgan fingerprint density at radius 2 is 1.50 bits per heavy atom. The Morgan fingerprint density at radius 3 is 2.08 bits per heavy atom. The number of amides is 1. The molecule has 0 saturated heterocycles. The van der Waals surface area contributed by atoms with Gasteiger partial charge in [-0.3, -0.25) is 14.4 Å². The van der Waals surface area contributed by atoms with Crippen LogP contribution in [0.1, 0.15) is 47.1 Å². The topological polar surface area (TPSA) is 72.5 Å². The molecule has 0 saturated carbocycles. The van der Waals surface area contributed by atoms with Gasteiger partial charge in [0.05, 0.1) is 0 Å².